The second kappa shape index (κ2) is 8.95. The number of nitrogens with zero attached hydrogens (tertiary/aromatic N) is 2. The van der Waals surface area contributed by atoms with Gasteiger partial charge in [0.1, 0.15) is 0 Å². The van der Waals surface area contributed by atoms with Crippen LogP contribution in [0.15, 0.2) is 33.3 Å². The van der Waals surface area contributed by atoms with E-state index >= 15 is 0 Å². The zero-order chi connectivity index (χ0) is 12.5. The third kappa shape index (κ3) is 7.06. The average molecular weight is 270 g/mol. The van der Waals surface area contributed by atoms with E-state index < -0.39 is 0 Å². The highest BCUT2D eigenvalue weighted by atomic mass is 31.0. The summed E-state index contributed by atoms with van der Waals surface area (Å²) >= 11 is 0. The summed E-state index contributed by atoms with van der Waals surface area (Å²) in [5.41, 5.74) is 3.17. The molecular weight excluding hydrogens is 246 g/mol. The fraction of sp³-hybridized carbons (Fsp3) is 0.692. The molecule has 0 heterocycles. The van der Waals surface area contributed by atoms with Crippen molar-refractivity contribution in [2.24, 2.45) is 10.2 Å². The number of azo groups is 1. The molecule has 0 spiro atoms. The minimum Gasteiger partial charge on any atom is -0.151 e. The quantitative estimate of drug-likeness (QED) is 0.474. The maximum Gasteiger partial charge on any atom is 0.0787 e. The van der Waals surface area contributed by atoms with Crippen LogP contribution in [-0.4, -0.2) is 0 Å². The Bertz CT molecular complexity index is 297. The molecule has 2 atom stereocenters. The fourth-order valence-corrected chi connectivity index (χ4v) is 2.53. The molecule has 0 N–H and O–H groups in total. The Morgan fingerprint density at radius 1 is 0.824 bits per heavy atom. The van der Waals surface area contributed by atoms with Crippen LogP contribution in [0.1, 0.15) is 57.8 Å². The van der Waals surface area contributed by atoms with E-state index in [2.05, 4.69) is 35.3 Å². The molecule has 0 saturated heterocycles. The van der Waals surface area contributed by atoms with Gasteiger partial charge in [-0.05, 0) is 31.3 Å². The van der Waals surface area contributed by atoms with Crippen molar-refractivity contribution in [3.63, 3.8) is 0 Å². The molecule has 17 heavy (non-hydrogen) atoms. The van der Waals surface area contributed by atoms with Crippen LogP contribution in [0.25, 0.3) is 0 Å². The summed E-state index contributed by atoms with van der Waals surface area (Å²) in [4.78, 5) is 0. The van der Waals surface area contributed by atoms with E-state index in [1.165, 1.54) is 63.4 Å². The van der Waals surface area contributed by atoms with Gasteiger partial charge in [0.05, 0.1) is 10.9 Å². The Morgan fingerprint density at radius 3 is 1.76 bits per heavy atom. The van der Waals surface area contributed by atoms with Crippen molar-refractivity contribution in [1.82, 2.24) is 0 Å². The van der Waals surface area contributed by atoms with Crippen LogP contribution in [0.4, 0.5) is 0 Å². The van der Waals surface area contributed by atoms with Gasteiger partial charge in [0.2, 0.25) is 0 Å². The summed E-state index contributed by atoms with van der Waals surface area (Å²) < 4.78 is 0. The lowest BCUT2D eigenvalue weighted by Gasteiger charge is -2.11. The van der Waals surface area contributed by atoms with Crippen molar-refractivity contribution in [2.75, 3.05) is 0 Å². The summed E-state index contributed by atoms with van der Waals surface area (Å²) in [6.45, 7) is 3.70. The monoisotopic (exact) mass is 270 g/mol. The fourth-order valence-electron chi connectivity index (χ4n) is 2.13. The minimum atomic E-state index is 0.686. The Kier molecular flexibility index (Phi) is 7.90. The molecule has 0 aromatic heterocycles. The molecule has 0 radical (unpaired) electrons. The summed E-state index contributed by atoms with van der Waals surface area (Å²) in [6, 6.07) is 0. The molecule has 2 unspecified atom stereocenters. The second-order valence-corrected chi connectivity index (χ2v) is 5.87. The molecule has 1 saturated carbocycles. The van der Waals surface area contributed by atoms with Crippen LogP contribution in [-0.2, 0) is 0 Å². The maximum absolute atomic E-state index is 4.22. The number of hydrogen-bond donors (Lipinski definition) is 0. The molecule has 1 fully saturated rings. The molecule has 4 heteroatoms. The molecular formula is C13H24N2P2. The Balaban J connectivity index is 2.61. The second-order valence-electron chi connectivity index (χ2n) is 4.66. The van der Waals surface area contributed by atoms with Gasteiger partial charge in [-0.2, -0.15) is 10.2 Å². The highest BCUT2D eigenvalue weighted by molar-refractivity contribution is 7.22. The molecule has 0 aliphatic heterocycles. The third-order valence-corrected chi connectivity index (χ3v) is 3.74. The standard InChI is InChI=1S/C13H24N2P2/c1-11(16)14-15-13(17)12-9-7-5-3-2-4-6-8-10-12/h1-10,16-17H2. The van der Waals surface area contributed by atoms with Gasteiger partial charge < -0.3 is 0 Å². The molecule has 1 aliphatic carbocycles. The van der Waals surface area contributed by atoms with Crippen LogP contribution in [0.3, 0.4) is 0 Å². The molecule has 0 aromatic carbocycles. The summed E-state index contributed by atoms with van der Waals surface area (Å²) in [7, 11) is 5.19. The number of allylic oxidation sites excluding steroid dienone is 1. The van der Waals surface area contributed by atoms with Gasteiger partial charge in [-0.1, -0.05) is 57.2 Å². The highest BCUT2D eigenvalue weighted by Crippen LogP contribution is 2.27. The van der Waals surface area contributed by atoms with E-state index in [9.17, 15) is 0 Å². The van der Waals surface area contributed by atoms with Gasteiger partial charge in [-0.15, -0.1) is 0 Å². The molecule has 0 amide bonds. The van der Waals surface area contributed by atoms with Crippen molar-refractivity contribution in [1.29, 1.82) is 0 Å². The first-order valence-electron chi connectivity index (χ1n) is 6.54. The van der Waals surface area contributed by atoms with Crippen LogP contribution in [0.5, 0.6) is 0 Å². The predicted octanol–water partition coefficient (Wildman–Crippen LogP) is 5.40. The van der Waals surface area contributed by atoms with Crippen LogP contribution < -0.4 is 0 Å². The smallest absolute Gasteiger partial charge is 0.0787 e. The molecule has 1 aliphatic rings. The average Bonchev–Trinajstić information content (AvgIpc) is 2.32. The number of rotatable bonds is 2. The molecule has 1 rings (SSSR count). The molecule has 96 valence electrons. The topological polar surface area (TPSA) is 24.7 Å². The van der Waals surface area contributed by atoms with Gasteiger partial charge in [-0.3, -0.25) is 0 Å². The van der Waals surface area contributed by atoms with E-state index in [1.54, 1.807) is 0 Å². The maximum atomic E-state index is 4.22. The summed E-state index contributed by atoms with van der Waals surface area (Å²) in [5, 5.41) is 8.23. The van der Waals surface area contributed by atoms with E-state index in [4.69, 9.17) is 0 Å². The third-order valence-electron chi connectivity index (χ3n) is 3.11. The predicted molar refractivity (Wildman–Crippen MR) is 82.0 cm³/mol. The lowest BCUT2D eigenvalue weighted by Crippen LogP contribution is -1.92. The lowest BCUT2D eigenvalue weighted by molar-refractivity contribution is 0.550. The largest absolute Gasteiger partial charge is 0.151 e. The van der Waals surface area contributed by atoms with Crippen molar-refractivity contribution >= 4 is 18.5 Å². The van der Waals surface area contributed by atoms with Gasteiger partial charge >= 0.3 is 0 Å². The van der Waals surface area contributed by atoms with Crippen molar-refractivity contribution in [3.8, 4) is 0 Å². The lowest BCUT2D eigenvalue weighted by atomic mass is 9.97. The van der Waals surface area contributed by atoms with Gasteiger partial charge in [-0.25, -0.2) is 0 Å². The van der Waals surface area contributed by atoms with E-state index in [-0.39, 0.29) is 0 Å². The molecule has 2 nitrogen and oxygen atoms in total. The van der Waals surface area contributed by atoms with Gasteiger partial charge in [0.15, 0.2) is 0 Å². The van der Waals surface area contributed by atoms with Gasteiger partial charge in [0, 0.05) is 0 Å². The van der Waals surface area contributed by atoms with Crippen LogP contribution in [0, 0.1) is 0 Å². The van der Waals surface area contributed by atoms with Crippen LogP contribution >= 0.6 is 18.5 Å². The van der Waals surface area contributed by atoms with E-state index in [0.717, 1.165) is 5.44 Å². The molecule has 0 aromatic rings. The van der Waals surface area contributed by atoms with Crippen molar-refractivity contribution in [3.05, 3.63) is 23.0 Å². The molecule has 0 bridgehead atoms. The van der Waals surface area contributed by atoms with E-state index in [1.807, 2.05) is 0 Å². The van der Waals surface area contributed by atoms with E-state index in [0.29, 0.717) is 5.44 Å². The zero-order valence-electron chi connectivity index (χ0n) is 10.6. The number of hydrogen-bond acceptors (Lipinski definition) is 2. The summed E-state index contributed by atoms with van der Waals surface area (Å²) in [5.74, 6) is 0. The SMILES string of the molecule is C=C(P)N=NC(P)=C1CCCCCCCCC1. The Hall–Kier alpha value is -0.0600. The Labute approximate surface area is 110 Å². The Morgan fingerprint density at radius 2 is 1.29 bits per heavy atom. The minimum absolute atomic E-state index is 0.686. The first-order valence-corrected chi connectivity index (χ1v) is 7.69. The highest BCUT2D eigenvalue weighted by Gasteiger charge is 2.05. The summed E-state index contributed by atoms with van der Waals surface area (Å²) in [6.07, 6.45) is 11.9. The first-order chi connectivity index (χ1) is 8.20. The first kappa shape index (κ1) is 15.0. The zero-order valence-corrected chi connectivity index (χ0v) is 12.9. The normalized spacial score (nSPS) is 19.3. The van der Waals surface area contributed by atoms with Crippen molar-refractivity contribution < 1.29 is 0 Å². The van der Waals surface area contributed by atoms with Crippen molar-refractivity contribution in [2.45, 2.75) is 57.8 Å². The van der Waals surface area contributed by atoms with Crippen LogP contribution in [0.2, 0.25) is 0 Å². The van der Waals surface area contributed by atoms with Gasteiger partial charge in [0.25, 0.3) is 0 Å².